The third-order valence-corrected chi connectivity index (χ3v) is 3.03. The zero-order chi connectivity index (χ0) is 11.3. The Bertz CT molecular complexity index is 331. The van der Waals surface area contributed by atoms with Crippen molar-refractivity contribution in [3.05, 3.63) is 16.5 Å². The molecule has 1 heterocycles. The molecule has 1 aromatic rings. The average Bonchev–Trinajstić information content (AvgIpc) is 2.24. The molecule has 0 saturated carbocycles. The lowest BCUT2D eigenvalue weighted by Gasteiger charge is -2.10. The molecule has 0 spiro atoms. The first-order valence-corrected chi connectivity index (χ1v) is 6.72. The lowest BCUT2D eigenvalue weighted by molar-refractivity contribution is 0.927. The third kappa shape index (κ3) is 3.54. The first kappa shape index (κ1) is 12.6. The highest BCUT2D eigenvalue weighted by Crippen LogP contribution is 2.19. The number of nitrogens with zero attached hydrogens (tertiary/aromatic N) is 2. The van der Waals surface area contributed by atoms with Gasteiger partial charge in [0.25, 0.3) is 0 Å². The maximum absolute atomic E-state index is 6.01. The number of anilines is 1. The molecule has 15 heavy (non-hydrogen) atoms. The molecular formula is C10H16ClN3S. The van der Waals surface area contributed by atoms with Crippen molar-refractivity contribution in [1.82, 2.24) is 9.97 Å². The number of halogens is 1. The monoisotopic (exact) mass is 245 g/mol. The van der Waals surface area contributed by atoms with E-state index >= 15 is 0 Å². The van der Waals surface area contributed by atoms with Gasteiger partial charge in [0.1, 0.15) is 16.8 Å². The number of aryl methyl sites for hydroxylation is 1. The van der Waals surface area contributed by atoms with Crippen LogP contribution < -0.4 is 5.32 Å². The van der Waals surface area contributed by atoms with Crippen LogP contribution in [0, 0.1) is 6.92 Å². The molecular weight excluding hydrogens is 230 g/mol. The second kappa shape index (κ2) is 6.18. The van der Waals surface area contributed by atoms with Gasteiger partial charge in [0.05, 0.1) is 0 Å². The van der Waals surface area contributed by atoms with Crippen molar-refractivity contribution in [3.63, 3.8) is 0 Å². The van der Waals surface area contributed by atoms with Gasteiger partial charge < -0.3 is 5.32 Å². The molecule has 0 unspecified atom stereocenters. The lowest BCUT2D eigenvalue weighted by Crippen LogP contribution is -2.09. The molecule has 0 amide bonds. The second-order valence-corrected chi connectivity index (χ2v) is 4.52. The molecule has 84 valence electrons. The molecule has 0 saturated heterocycles. The fraction of sp³-hybridized carbons (Fsp3) is 0.600. The standard InChI is InChI=1S/C10H16ClN3S/c1-4-8-13-9(11)7(2)10(14-8)12-5-6-15-3/h4-6H2,1-3H3,(H,12,13,14). The SMILES string of the molecule is CCc1nc(Cl)c(C)c(NCCSC)n1. The van der Waals surface area contributed by atoms with E-state index in [0.717, 1.165) is 35.9 Å². The summed E-state index contributed by atoms with van der Waals surface area (Å²) in [5, 5.41) is 3.82. The Morgan fingerprint density at radius 1 is 1.40 bits per heavy atom. The number of thioether (sulfide) groups is 1. The summed E-state index contributed by atoms with van der Waals surface area (Å²) in [4.78, 5) is 8.60. The molecule has 1 aromatic heterocycles. The Morgan fingerprint density at radius 3 is 2.73 bits per heavy atom. The molecule has 0 aromatic carbocycles. The number of aromatic nitrogens is 2. The molecule has 0 radical (unpaired) electrons. The Balaban J connectivity index is 2.80. The van der Waals surface area contributed by atoms with E-state index in [0.29, 0.717) is 5.15 Å². The van der Waals surface area contributed by atoms with Crippen LogP contribution in [-0.2, 0) is 6.42 Å². The third-order valence-electron chi connectivity index (χ3n) is 2.05. The van der Waals surface area contributed by atoms with Gasteiger partial charge >= 0.3 is 0 Å². The normalized spacial score (nSPS) is 10.4. The Hall–Kier alpha value is -0.480. The van der Waals surface area contributed by atoms with Gasteiger partial charge in [0.15, 0.2) is 0 Å². The summed E-state index contributed by atoms with van der Waals surface area (Å²) < 4.78 is 0. The van der Waals surface area contributed by atoms with E-state index in [9.17, 15) is 0 Å². The Kier molecular flexibility index (Phi) is 5.19. The summed E-state index contributed by atoms with van der Waals surface area (Å²) in [7, 11) is 0. The lowest BCUT2D eigenvalue weighted by atomic mass is 10.3. The van der Waals surface area contributed by atoms with Gasteiger partial charge in [-0.1, -0.05) is 18.5 Å². The molecule has 1 N–H and O–H groups in total. The fourth-order valence-corrected chi connectivity index (χ4v) is 1.63. The van der Waals surface area contributed by atoms with Gasteiger partial charge in [-0.05, 0) is 13.2 Å². The highest BCUT2D eigenvalue weighted by molar-refractivity contribution is 7.98. The van der Waals surface area contributed by atoms with Gasteiger partial charge in [-0.2, -0.15) is 11.8 Å². The number of nitrogens with one attached hydrogen (secondary N) is 1. The van der Waals surface area contributed by atoms with Gasteiger partial charge in [0.2, 0.25) is 0 Å². The van der Waals surface area contributed by atoms with Crippen LogP contribution in [0.4, 0.5) is 5.82 Å². The van der Waals surface area contributed by atoms with Gasteiger partial charge in [-0.3, -0.25) is 0 Å². The summed E-state index contributed by atoms with van der Waals surface area (Å²) in [5.74, 6) is 2.71. The van der Waals surface area contributed by atoms with E-state index in [1.54, 1.807) is 11.8 Å². The molecule has 5 heteroatoms. The van der Waals surface area contributed by atoms with Crippen LogP contribution in [0.5, 0.6) is 0 Å². The molecule has 0 atom stereocenters. The minimum Gasteiger partial charge on any atom is -0.369 e. The maximum atomic E-state index is 6.01. The van der Waals surface area contributed by atoms with E-state index in [4.69, 9.17) is 11.6 Å². The average molecular weight is 246 g/mol. The topological polar surface area (TPSA) is 37.8 Å². The molecule has 3 nitrogen and oxygen atoms in total. The smallest absolute Gasteiger partial charge is 0.137 e. The van der Waals surface area contributed by atoms with Crippen LogP contribution in [0.2, 0.25) is 5.15 Å². The van der Waals surface area contributed by atoms with Gasteiger partial charge in [-0.15, -0.1) is 0 Å². The van der Waals surface area contributed by atoms with Crippen molar-refractivity contribution in [2.75, 3.05) is 23.9 Å². The van der Waals surface area contributed by atoms with Crippen molar-refractivity contribution in [2.24, 2.45) is 0 Å². The van der Waals surface area contributed by atoms with Crippen molar-refractivity contribution in [2.45, 2.75) is 20.3 Å². The van der Waals surface area contributed by atoms with E-state index < -0.39 is 0 Å². The van der Waals surface area contributed by atoms with Crippen LogP contribution in [0.3, 0.4) is 0 Å². The number of rotatable bonds is 5. The van der Waals surface area contributed by atoms with E-state index in [-0.39, 0.29) is 0 Å². The minimum atomic E-state index is 0.550. The van der Waals surface area contributed by atoms with Crippen molar-refractivity contribution >= 4 is 29.2 Å². The summed E-state index contributed by atoms with van der Waals surface area (Å²) in [6.45, 7) is 4.86. The highest BCUT2D eigenvalue weighted by Gasteiger charge is 2.07. The van der Waals surface area contributed by atoms with E-state index in [1.807, 2.05) is 13.8 Å². The Morgan fingerprint density at radius 2 is 2.13 bits per heavy atom. The number of hydrogen-bond donors (Lipinski definition) is 1. The van der Waals surface area contributed by atoms with Crippen molar-refractivity contribution < 1.29 is 0 Å². The maximum Gasteiger partial charge on any atom is 0.137 e. The van der Waals surface area contributed by atoms with Gasteiger partial charge in [0, 0.05) is 24.3 Å². The first-order chi connectivity index (χ1) is 7.19. The molecule has 1 rings (SSSR count). The van der Waals surface area contributed by atoms with E-state index in [2.05, 4.69) is 21.5 Å². The van der Waals surface area contributed by atoms with Crippen LogP contribution in [0.25, 0.3) is 0 Å². The largest absolute Gasteiger partial charge is 0.369 e. The van der Waals surface area contributed by atoms with Crippen LogP contribution in [0.15, 0.2) is 0 Å². The van der Waals surface area contributed by atoms with Gasteiger partial charge in [-0.25, -0.2) is 9.97 Å². The second-order valence-electron chi connectivity index (χ2n) is 3.18. The molecule has 0 aliphatic carbocycles. The zero-order valence-corrected chi connectivity index (χ0v) is 10.9. The summed E-state index contributed by atoms with van der Waals surface area (Å²) in [6.07, 6.45) is 2.89. The molecule has 0 bridgehead atoms. The van der Waals surface area contributed by atoms with Crippen LogP contribution >= 0.6 is 23.4 Å². The predicted octanol–water partition coefficient (Wildman–Crippen LogP) is 2.78. The van der Waals surface area contributed by atoms with Crippen molar-refractivity contribution in [1.29, 1.82) is 0 Å². The molecule has 0 fully saturated rings. The molecule has 0 aliphatic heterocycles. The summed E-state index contributed by atoms with van der Waals surface area (Å²) >= 11 is 7.82. The van der Waals surface area contributed by atoms with Crippen molar-refractivity contribution in [3.8, 4) is 0 Å². The first-order valence-electron chi connectivity index (χ1n) is 4.94. The highest BCUT2D eigenvalue weighted by atomic mass is 35.5. The minimum absolute atomic E-state index is 0.550. The summed E-state index contributed by atoms with van der Waals surface area (Å²) in [5.41, 5.74) is 0.926. The summed E-state index contributed by atoms with van der Waals surface area (Å²) in [6, 6.07) is 0. The Labute approximate surface area is 100 Å². The fourth-order valence-electron chi connectivity index (χ4n) is 1.13. The van der Waals surface area contributed by atoms with E-state index in [1.165, 1.54) is 0 Å². The number of hydrogen-bond acceptors (Lipinski definition) is 4. The predicted molar refractivity (Wildman–Crippen MR) is 68.0 cm³/mol. The van der Waals surface area contributed by atoms with Crippen LogP contribution in [-0.4, -0.2) is 28.5 Å². The zero-order valence-electron chi connectivity index (χ0n) is 9.30. The van der Waals surface area contributed by atoms with Crippen LogP contribution in [0.1, 0.15) is 18.3 Å². The molecule has 0 aliphatic rings. The quantitative estimate of drug-likeness (QED) is 0.640.